The van der Waals surface area contributed by atoms with Gasteiger partial charge in [-0.05, 0) is 48.9 Å². The van der Waals surface area contributed by atoms with E-state index in [2.05, 4.69) is 6.58 Å². The first-order chi connectivity index (χ1) is 16.4. The van der Waals surface area contributed by atoms with Crippen LogP contribution in [0.1, 0.15) is 30.4 Å². The summed E-state index contributed by atoms with van der Waals surface area (Å²) in [7, 11) is 3.04. The van der Waals surface area contributed by atoms with Crippen molar-refractivity contribution in [2.24, 2.45) is 0 Å². The van der Waals surface area contributed by atoms with E-state index >= 15 is 0 Å². The maximum absolute atomic E-state index is 12.1. The molecular formula is C26H22O8. The molecule has 1 aliphatic rings. The molecular weight excluding hydrogens is 440 g/mol. The van der Waals surface area contributed by atoms with Gasteiger partial charge in [0.05, 0.1) is 25.3 Å². The predicted octanol–water partition coefficient (Wildman–Crippen LogP) is 4.65. The van der Waals surface area contributed by atoms with Crippen LogP contribution in [0, 0.1) is 0 Å². The van der Waals surface area contributed by atoms with Crippen LogP contribution in [0.4, 0.5) is 0 Å². The lowest BCUT2D eigenvalue weighted by Gasteiger charge is -2.20. The molecule has 0 aliphatic carbocycles. The molecule has 3 atom stereocenters. The van der Waals surface area contributed by atoms with Crippen molar-refractivity contribution in [1.82, 2.24) is 0 Å². The highest BCUT2D eigenvalue weighted by molar-refractivity contribution is 5.84. The van der Waals surface area contributed by atoms with Crippen molar-refractivity contribution in [2.75, 3.05) is 14.2 Å². The molecule has 3 heterocycles. The molecule has 0 amide bonds. The molecule has 0 radical (unpaired) electrons. The Morgan fingerprint density at radius 3 is 1.79 bits per heavy atom. The van der Waals surface area contributed by atoms with Crippen LogP contribution >= 0.6 is 0 Å². The van der Waals surface area contributed by atoms with Gasteiger partial charge in [0, 0.05) is 22.9 Å². The van der Waals surface area contributed by atoms with Gasteiger partial charge in [-0.3, -0.25) is 0 Å². The Kier molecular flexibility index (Phi) is 5.47. The summed E-state index contributed by atoms with van der Waals surface area (Å²) in [6, 6.07) is 13.2. The number of methoxy groups -OCH3 is 2. The molecule has 174 valence electrons. The highest BCUT2D eigenvalue weighted by atomic mass is 16.7. The monoisotopic (exact) mass is 462 g/mol. The molecule has 2 aromatic carbocycles. The Bertz CT molecular complexity index is 1530. The van der Waals surface area contributed by atoms with Crippen LogP contribution in [0.15, 0.2) is 79.1 Å². The van der Waals surface area contributed by atoms with E-state index < -0.39 is 29.7 Å². The van der Waals surface area contributed by atoms with Crippen molar-refractivity contribution in [2.45, 2.75) is 25.4 Å². The van der Waals surface area contributed by atoms with Crippen LogP contribution in [0.3, 0.4) is 0 Å². The van der Waals surface area contributed by atoms with Gasteiger partial charge in [-0.2, -0.15) is 0 Å². The maximum atomic E-state index is 12.1. The molecule has 34 heavy (non-hydrogen) atoms. The Morgan fingerprint density at radius 1 is 0.765 bits per heavy atom. The average Bonchev–Trinajstić information content (AvgIpc) is 3.27. The zero-order chi connectivity index (χ0) is 24.0. The zero-order valence-electron chi connectivity index (χ0n) is 18.8. The number of rotatable bonds is 5. The van der Waals surface area contributed by atoms with E-state index in [1.807, 2.05) is 6.92 Å². The third kappa shape index (κ3) is 3.57. The lowest BCUT2D eigenvalue weighted by molar-refractivity contribution is -0.0670. The van der Waals surface area contributed by atoms with Gasteiger partial charge in [0.2, 0.25) is 0 Å². The largest absolute Gasteiger partial charge is 0.496 e. The minimum absolute atomic E-state index is 0.300. The van der Waals surface area contributed by atoms with Gasteiger partial charge in [0.25, 0.3) is 0 Å². The quantitative estimate of drug-likeness (QED) is 0.312. The molecule has 1 saturated heterocycles. The lowest BCUT2D eigenvalue weighted by Crippen LogP contribution is -2.17. The van der Waals surface area contributed by atoms with Crippen molar-refractivity contribution in [3.05, 3.63) is 92.7 Å². The van der Waals surface area contributed by atoms with Gasteiger partial charge in [-0.25, -0.2) is 9.59 Å². The van der Waals surface area contributed by atoms with E-state index in [1.54, 1.807) is 36.4 Å². The molecule has 2 aromatic heterocycles. The third-order valence-corrected chi connectivity index (χ3v) is 5.84. The van der Waals surface area contributed by atoms with E-state index in [0.717, 1.165) is 0 Å². The predicted molar refractivity (Wildman–Crippen MR) is 124 cm³/mol. The van der Waals surface area contributed by atoms with Gasteiger partial charge in [0.1, 0.15) is 34.9 Å². The van der Waals surface area contributed by atoms with Crippen molar-refractivity contribution in [3.8, 4) is 11.5 Å². The number of hydrogen-bond acceptors (Lipinski definition) is 8. The summed E-state index contributed by atoms with van der Waals surface area (Å²) in [5.41, 5.74) is 1.27. The Morgan fingerprint density at radius 2 is 1.26 bits per heavy atom. The molecule has 0 saturated carbocycles. The van der Waals surface area contributed by atoms with Crippen LogP contribution in [0.2, 0.25) is 0 Å². The number of hydrogen-bond donors (Lipinski definition) is 0. The van der Waals surface area contributed by atoms with E-state index in [9.17, 15) is 9.59 Å². The van der Waals surface area contributed by atoms with Crippen LogP contribution < -0.4 is 20.7 Å². The first kappa shape index (κ1) is 21.9. The topological polar surface area (TPSA) is 97.3 Å². The van der Waals surface area contributed by atoms with E-state index in [-0.39, 0.29) is 0 Å². The summed E-state index contributed by atoms with van der Waals surface area (Å²) in [5, 5.41) is 1.39. The van der Waals surface area contributed by atoms with Crippen molar-refractivity contribution >= 4 is 21.9 Å². The zero-order valence-corrected chi connectivity index (χ0v) is 18.8. The SMILES string of the molecule is C=C(C)[C@H]1O[C@@H](c2c(OC)ccc3ccc(=O)oc23)O[C@@H]1c1c(OC)ccc2ccc(=O)oc12. The molecule has 0 N–H and O–H groups in total. The molecule has 5 rings (SSSR count). The number of benzene rings is 2. The second kappa shape index (κ2) is 8.48. The second-order valence-electron chi connectivity index (χ2n) is 8.00. The molecule has 8 heteroatoms. The van der Waals surface area contributed by atoms with Crippen LogP contribution in [0.5, 0.6) is 11.5 Å². The molecule has 0 unspecified atom stereocenters. The van der Waals surface area contributed by atoms with Gasteiger partial charge in [-0.15, -0.1) is 0 Å². The smallest absolute Gasteiger partial charge is 0.336 e. The van der Waals surface area contributed by atoms with Gasteiger partial charge < -0.3 is 27.8 Å². The van der Waals surface area contributed by atoms with Gasteiger partial charge in [0.15, 0.2) is 6.29 Å². The van der Waals surface area contributed by atoms with E-state index in [1.165, 1.54) is 26.4 Å². The summed E-state index contributed by atoms with van der Waals surface area (Å²) < 4.78 is 34.9. The molecule has 1 fully saturated rings. The summed E-state index contributed by atoms with van der Waals surface area (Å²) >= 11 is 0. The van der Waals surface area contributed by atoms with Crippen molar-refractivity contribution in [1.29, 1.82) is 0 Å². The molecule has 8 nitrogen and oxygen atoms in total. The van der Waals surface area contributed by atoms with Crippen LogP contribution in [0.25, 0.3) is 21.9 Å². The summed E-state index contributed by atoms with van der Waals surface area (Å²) in [6.45, 7) is 5.89. The third-order valence-electron chi connectivity index (χ3n) is 5.84. The van der Waals surface area contributed by atoms with Crippen molar-refractivity contribution < 1.29 is 27.8 Å². The fraction of sp³-hybridized carbons (Fsp3) is 0.231. The Labute approximate surface area is 193 Å². The van der Waals surface area contributed by atoms with Crippen LogP contribution in [-0.4, -0.2) is 20.3 Å². The lowest BCUT2D eigenvalue weighted by atomic mass is 9.97. The molecule has 0 bridgehead atoms. The normalized spacial score (nSPS) is 20.0. The maximum Gasteiger partial charge on any atom is 0.336 e. The van der Waals surface area contributed by atoms with E-state index in [0.29, 0.717) is 50.1 Å². The fourth-order valence-electron chi connectivity index (χ4n) is 4.29. The highest BCUT2D eigenvalue weighted by Gasteiger charge is 2.43. The van der Waals surface area contributed by atoms with Gasteiger partial charge >= 0.3 is 11.3 Å². The molecule has 0 spiro atoms. The summed E-state index contributed by atoms with van der Waals surface area (Å²) in [5.74, 6) is 0.906. The fourth-order valence-corrected chi connectivity index (χ4v) is 4.29. The first-order valence-corrected chi connectivity index (χ1v) is 10.6. The molecule has 1 aliphatic heterocycles. The Hall–Kier alpha value is -3.88. The highest BCUT2D eigenvalue weighted by Crippen LogP contribution is 2.49. The van der Waals surface area contributed by atoms with E-state index in [4.69, 9.17) is 27.8 Å². The van der Waals surface area contributed by atoms with Gasteiger partial charge in [-0.1, -0.05) is 6.58 Å². The first-order valence-electron chi connectivity index (χ1n) is 10.6. The minimum atomic E-state index is -0.966. The number of ether oxygens (including phenoxy) is 4. The standard InChI is InChI=1S/C26H22O8/c1-13(2)22-25(20-16(29-3)9-5-14-7-11-18(27)31-23(14)20)34-26(33-22)21-17(30-4)10-6-15-8-12-19(28)32-24(15)21/h5-12,22,25-26H,1H2,2-4H3/t22-,25-,26-/m1/s1. The van der Waals surface area contributed by atoms with Crippen LogP contribution in [-0.2, 0) is 9.47 Å². The van der Waals surface area contributed by atoms with Crippen molar-refractivity contribution in [3.63, 3.8) is 0 Å². The summed E-state index contributed by atoms with van der Waals surface area (Å²) in [6.07, 6.45) is -2.32. The average molecular weight is 462 g/mol. The Balaban J connectivity index is 1.71. The number of fused-ring (bicyclic) bond motifs is 2. The minimum Gasteiger partial charge on any atom is -0.496 e. The molecule has 4 aromatic rings. The summed E-state index contributed by atoms with van der Waals surface area (Å²) in [4.78, 5) is 24.1. The second-order valence-corrected chi connectivity index (χ2v) is 8.00.